The first-order valence-corrected chi connectivity index (χ1v) is 7.90. The standard InChI is InChI=1S/C17H23N3O3.ClH/c1-16(2)13-12(7-4-8-23-13)17(16,19)15(22)20-11-6-3-5-10(9-11)14(18)21;/h3,5-6,9,12-13H,4,7-8,19H2,1-2H3,(H2,18,21)(H,20,22);1H. The van der Waals surface area contributed by atoms with E-state index in [0.717, 1.165) is 19.4 Å². The van der Waals surface area contributed by atoms with Crippen LogP contribution in [0.5, 0.6) is 0 Å². The smallest absolute Gasteiger partial charge is 0.248 e. The largest absolute Gasteiger partial charge is 0.377 e. The molecule has 0 aromatic heterocycles. The van der Waals surface area contributed by atoms with Gasteiger partial charge in [-0.15, -0.1) is 12.4 Å². The Labute approximate surface area is 147 Å². The van der Waals surface area contributed by atoms with Crippen molar-refractivity contribution >= 4 is 29.9 Å². The Bertz CT molecular complexity index is 664. The van der Waals surface area contributed by atoms with Crippen molar-refractivity contribution in [2.75, 3.05) is 11.9 Å². The maximum absolute atomic E-state index is 12.9. The SMILES string of the molecule is CC1(C)C2OCCCC2C1(N)C(=O)Nc1cccc(C(N)=O)c1.Cl. The maximum atomic E-state index is 12.9. The molecule has 2 amide bonds. The van der Waals surface area contributed by atoms with E-state index in [9.17, 15) is 9.59 Å². The number of carbonyl (C=O) groups excluding carboxylic acids is 2. The molecule has 0 bridgehead atoms. The summed E-state index contributed by atoms with van der Waals surface area (Å²) in [6.45, 7) is 4.67. The molecule has 1 aromatic rings. The first-order valence-electron chi connectivity index (χ1n) is 7.90. The molecule has 1 saturated carbocycles. The lowest BCUT2D eigenvalue weighted by Gasteiger charge is -2.65. The number of hydrogen-bond acceptors (Lipinski definition) is 4. The molecule has 1 heterocycles. The van der Waals surface area contributed by atoms with Gasteiger partial charge in [0.05, 0.1) is 6.10 Å². The van der Waals surface area contributed by atoms with Gasteiger partial charge in [0, 0.05) is 29.2 Å². The first-order chi connectivity index (χ1) is 10.8. The molecule has 7 heteroatoms. The summed E-state index contributed by atoms with van der Waals surface area (Å²) < 4.78 is 5.82. The van der Waals surface area contributed by atoms with Crippen LogP contribution in [-0.4, -0.2) is 30.1 Å². The van der Waals surface area contributed by atoms with E-state index in [1.165, 1.54) is 0 Å². The lowest BCUT2D eigenvalue weighted by atomic mass is 9.46. The molecular weight excluding hydrogens is 330 g/mol. The van der Waals surface area contributed by atoms with Crippen LogP contribution < -0.4 is 16.8 Å². The number of amides is 2. The van der Waals surface area contributed by atoms with E-state index in [-0.39, 0.29) is 30.3 Å². The van der Waals surface area contributed by atoms with Crippen molar-refractivity contribution in [1.82, 2.24) is 0 Å². The van der Waals surface area contributed by atoms with Gasteiger partial charge in [-0.1, -0.05) is 19.9 Å². The van der Waals surface area contributed by atoms with Gasteiger partial charge in [0.1, 0.15) is 5.54 Å². The van der Waals surface area contributed by atoms with E-state index >= 15 is 0 Å². The Morgan fingerprint density at radius 3 is 2.71 bits per heavy atom. The predicted octanol–water partition coefficient (Wildman–Crippen LogP) is 1.68. The lowest BCUT2D eigenvalue weighted by molar-refractivity contribution is -0.222. The highest BCUT2D eigenvalue weighted by Gasteiger charge is 2.70. The zero-order valence-electron chi connectivity index (χ0n) is 13.9. The number of ether oxygens (including phenoxy) is 1. The Morgan fingerprint density at radius 1 is 1.33 bits per heavy atom. The van der Waals surface area contributed by atoms with Gasteiger partial charge in [0.25, 0.3) is 0 Å². The fourth-order valence-corrected chi connectivity index (χ4v) is 4.02. The molecule has 1 aliphatic heterocycles. The van der Waals surface area contributed by atoms with Crippen molar-refractivity contribution in [2.24, 2.45) is 22.8 Å². The molecule has 132 valence electrons. The van der Waals surface area contributed by atoms with Gasteiger partial charge in [0.15, 0.2) is 0 Å². The second-order valence-corrected chi connectivity index (χ2v) is 7.03. The van der Waals surface area contributed by atoms with Crippen molar-refractivity contribution in [3.05, 3.63) is 29.8 Å². The van der Waals surface area contributed by atoms with E-state index in [1.54, 1.807) is 24.3 Å². The molecule has 0 spiro atoms. The van der Waals surface area contributed by atoms with Gasteiger partial charge < -0.3 is 21.5 Å². The Kier molecular flexibility index (Phi) is 4.95. The van der Waals surface area contributed by atoms with Crippen LogP contribution in [0.4, 0.5) is 5.69 Å². The van der Waals surface area contributed by atoms with Crippen LogP contribution >= 0.6 is 12.4 Å². The number of fused-ring (bicyclic) bond motifs is 1. The molecule has 1 aliphatic carbocycles. The van der Waals surface area contributed by atoms with E-state index < -0.39 is 16.9 Å². The number of anilines is 1. The highest BCUT2D eigenvalue weighted by atomic mass is 35.5. The van der Waals surface area contributed by atoms with E-state index in [0.29, 0.717) is 11.3 Å². The van der Waals surface area contributed by atoms with Crippen LogP contribution in [0.15, 0.2) is 24.3 Å². The number of nitrogens with one attached hydrogen (secondary N) is 1. The van der Waals surface area contributed by atoms with Gasteiger partial charge in [-0.05, 0) is 31.0 Å². The topological polar surface area (TPSA) is 107 Å². The predicted molar refractivity (Wildman–Crippen MR) is 94.0 cm³/mol. The van der Waals surface area contributed by atoms with Crippen molar-refractivity contribution < 1.29 is 14.3 Å². The second kappa shape index (κ2) is 6.35. The Balaban J connectivity index is 0.00000208. The molecule has 1 aromatic carbocycles. The summed E-state index contributed by atoms with van der Waals surface area (Å²) >= 11 is 0. The molecule has 1 saturated heterocycles. The summed E-state index contributed by atoms with van der Waals surface area (Å²) in [6.07, 6.45) is 1.82. The monoisotopic (exact) mass is 353 g/mol. The third-order valence-electron chi connectivity index (χ3n) is 5.47. The highest BCUT2D eigenvalue weighted by molar-refractivity contribution is 6.01. The van der Waals surface area contributed by atoms with Crippen molar-refractivity contribution in [3.8, 4) is 0 Å². The first kappa shape index (κ1) is 18.7. The molecular formula is C17H24ClN3O3. The summed E-state index contributed by atoms with van der Waals surface area (Å²) in [6, 6.07) is 6.56. The molecule has 6 nitrogen and oxygen atoms in total. The molecule has 5 N–H and O–H groups in total. The number of hydrogen-bond donors (Lipinski definition) is 3. The molecule has 3 rings (SSSR count). The Hall–Kier alpha value is -1.63. The van der Waals surface area contributed by atoms with Gasteiger partial charge >= 0.3 is 0 Å². The second-order valence-electron chi connectivity index (χ2n) is 7.03. The zero-order valence-corrected chi connectivity index (χ0v) is 14.7. The number of halogens is 1. The van der Waals surface area contributed by atoms with Gasteiger partial charge in [-0.2, -0.15) is 0 Å². The third-order valence-corrected chi connectivity index (χ3v) is 5.47. The van der Waals surface area contributed by atoms with E-state index in [2.05, 4.69) is 5.32 Å². The summed E-state index contributed by atoms with van der Waals surface area (Å²) in [5.41, 5.74) is 11.3. The number of rotatable bonds is 3. The molecule has 3 atom stereocenters. The minimum Gasteiger partial charge on any atom is -0.377 e. The highest BCUT2D eigenvalue weighted by Crippen LogP contribution is 2.57. The number of primary amides is 1. The minimum atomic E-state index is -0.985. The maximum Gasteiger partial charge on any atom is 0.248 e. The summed E-state index contributed by atoms with van der Waals surface area (Å²) in [5, 5.41) is 2.84. The van der Waals surface area contributed by atoms with Crippen molar-refractivity contribution in [1.29, 1.82) is 0 Å². The van der Waals surface area contributed by atoms with Crippen molar-refractivity contribution in [2.45, 2.75) is 38.3 Å². The van der Waals surface area contributed by atoms with Crippen LogP contribution in [0.1, 0.15) is 37.0 Å². The normalized spacial score (nSPS) is 30.3. The number of carbonyl (C=O) groups is 2. The lowest BCUT2D eigenvalue weighted by Crippen LogP contribution is -2.81. The van der Waals surface area contributed by atoms with Crippen LogP contribution in [0, 0.1) is 11.3 Å². The summed E-state index contributed by atoms with van der Waals surface area (Å²) in [5.74, 6) is -0.755. The molecule has 2 fully saturated rings. The van der Waals surface area contributed by atoms with E-state index in [4.69, 9.17) is 16.2 Å². The fourth-order valence-electron chi connectivity index (χ4n) is 4.02. The van der Waals surface area contributed by atoms with Gasteiger partial charge in [0.2, 0.25) is 11.8 Å². The number of nitrogens with two attached hydrogens (primary N) is 2. The van der Waals surface area contributed by atoms with Crippen molar-refractivity contribution in [3.63, 3.8) is 0 Å². The Morgan fingerprint density at radius 2 is 2.04 bits per heavy atom. The van der Waals surface area contributed by atoms with Crippen LogP contribution in [0.25, 0.3) is 0 Å². The zero-order chi connectivity index (χ0) is 16.8. The van der Waals surface area contributed by atoms with Crippen LogP contribution in [-0.2, 0) is 9.53 Å². The van der Waals surface area contributed by atoms with Gasteiger partial charge in [-0.25, -0.2) is 0 Å². The molecule has 24 heavy (non-hydrogen) atoms. The number of benzene rings is 1. The van der Waals surface area contributed by atoms with Gasteiger partial charge in [-0.3, -0.25) is 9.59 Å². The molecule has 2 aliphatic rings. The minimum absolute atomic E-state index is 0. The van der Waals surface area contributed by atoms with Crippen LogP contribution in [0.2, 0.25) is 0 Å². The molecule has 3 unspecified atom stereocenters. The quantitative estimate of drug-likeness (QED) is 0.768. The van der Waals surface area contributed by atoms with E-state index in [1.807, 2.05) is 13.8 Å². The van der Waals surface area contributed by atoms with Crippen LogP contribution in [0.3, 0.4) is 0 Å². The summed E-state index contributed by atoms with van der Waals surface area (Å²) in [7, 11) is 0. The average molecular weight is 354 g/mol. The molecule has 0 radical (unpaired) electrons. The fraction of sp³-hybridized carbons (Fsp3) is 0.529. The summed E-state index contributed by atoms with van der Waals surface area (Å²) in [4.78, 5) is 24.1. The third kappa shape index (κ3) is 2.59. The average Bonchev–Trinajstić information content (AvgIpc) is 2.54.